The highest BCUT2D eigenvalue weighted by Gasteiger charge is 2.55. The number of nitrogens with zero attached hydrogens (tertiary/aromatic N) is 1. The first-order valence-corrected chi connectivity index (χ1v) is 23.9. The summed E-state index contributed by atoms with van der Waals surface area (Å²) in [6.45, 7) is 12.5. The van der Waals surface area contributed by atoms with Crippen LogP contribution in [0, 0.1) is 35.5 Å². The third-order valence-electron chi connectivity index (χ3n) is 14.4. The SMILES string of the molecule is COC1C[C@@H]2CC[C@@H](C)C(F)(O2)C(=O)C(=O)N2CCCC[C@H]2C(=O)OC([C@H](C)C[C@@H]2CCC(O)C(OC)C2)CC(=O)C(C)=CC(C)C(O)C(OC)C(=O)[C@H](C)C[C@H](C)C=CC=CC=C1C. The van der Waals surface area contributed by atoms with Crippen LogP contribution >= 0.6 is 0 Å². The Bertz CT molecular complexity index is 1760. The average molecular weight is 916 g/mol. The molecule has 4 rings (SSSR count). The molecule has 3 aliphatic heterocycles. The zero-order valence-corrected chi connectivity index (χ0v) is 40.5. The topological polar surface area (TPSA) is 175 Å². The van der Waals surface area contributed by atoms with Crippen molar-refractivity contribution in [2.45, 2.75) is 180 Å². The number of alkyl halides is 1. The second kappa shape index (κ2) is 25.1. The van der Waals surface area contributed by atoms with E-state index in [2.05, 4.69) is 0 Å². The lowest BCUT2D eigenvalue weighted by atomic mass is 9.78. The van der Waals surface area contributed by atoms with Gasteiger partial charge in [-0.25, -0.2) is 9.18 Å². The summed E-state index contributed by atoms with van der Waals surface area (Å²) in [7, 11) is 4.48. The van der Waals surface area contributed by atoms with Gasteiger partial charge in [0.2, 0.25) is 0 Å². The molecule has 65 heavy (non-hydrogen) atoms. The van der Waals surface area contributed by atoms with E-state index in [1.807, 2.05) is 58.1 Å². The van der Waals surface area contributed by atoms with Crippen molar-refractivity contribution in [3.63, 3.8) is 0 Å². The van der Waals surface area contributed by atoms with Crippen molar-refractivity contribution in [1.82, 2.24) is 4.90 Å². The second-order valence-corrected chi connectivity index (χ2v) is 19.6. The zero-order valence-electron chi connectivity index (χ0n) is 40.5. The Kier molecular flexibility index (Phi) is 20.9. The van der Waals surface area contributed by atoms with Gasteiger partial charge in [-0.15, -0.1) is 0 Å². The van der Waals surface area contributed by atoms with Crippen LogP contribution in [0.25, 0.3) is 0 Å². The molecule has 0 spiro atoms. The molecule has 8 unspecified atom stereocenters. The number of carbonyl (C=O) groups excluding carboxylic acids is 5. The number of fused-ring (bicyclic) bond motifs is 3. The van der Waals surface area contributed by atoms with Crippen LogP contribution in [0.5, 0.6) is 0 Å². The fraction of sp³-hybridized carbons (Fsp3) is 0.745. The van der Waals surface area contributed by atoms with Crippen molar-refractivity contribution in [3.8, 4) is 0 Å². The van der Waals surface area contributed by atoms with E-state index in [1.54, 1.807) is 41.1 Å². The van der Waals surface area contributed by atoms with Crippen LogP contribution in [0.1, 0.15) is 126 Å². The zero-order chi connectivity index (χ0) is 48.2. The summed E-state index contributed by atoms with van der Waals surface area (Å²) in [4.78, 5) is 71.4. The van der Waals surface area contributed by atoms with Gasteiger partial charge in [0.15, 0.2) is 11.6 Å². The van der Waals surface area contributed by atoms with Gasteiger partial charge in [-0.3, -0.25) is 19.2 Å². The van der Waals surface area contributed by atoms with Crippen LogP contribution in [0.15, 0.2) is 47.6 Å². The number of amides is 1. The Morgan fingerprint density at radius 3 is 2.28 bits per heavy atom. The smallest absolute Gasteiger partial charge is 0.329 e. The van der Waals surface area contributed by atoms with E-state index in [0.29, 0.717) is 56.9 Å². The second-order valence-electron chi connectivity index (χ2n) is 19.6. The van der Waals surface area contributed by atoms with Gasteiger partial charge in [-0.2, -0.15) is 0 Å². The lowest BCUT2D eigenvalue weighted by Gasteiger charge is -2.41. The molecule has 1 aliphatic carbocycles. The minimum absolute atomic E-state index is 0.0102. The number of hydrogen-bond acceptors (Lipinski definition) is 12. The van der Waals surface area contributed by atoms with Crippen LogP contribution in [0.3, 0.4) is 0 Å². The summed E-state index contributed by atoms with van der Waals surface area (Å²) in [5.41, 5.74) is 1.14. The molecule has 1 amide bonds. The molecule has 2 bridgehead atoms. The highest BCUT2D eigenvalue weighted by atomic mass is 19.2. The number of aliphatic hydroxyl groups is 2. The highest BCUT2D eigenvalue weighted by Crippen LogP contribution is 2.40. The van der Waals surface area contributed by atoms with Crippen LogP contribution in [0.2, 0.25) is 0 Å². The maximum atomic E-state index is 17.1. The molecular weight excluding hydrogens is 838 g/mol. The van der Waals surface area contributed by atoms with E-state index in [9.17, 15) is 34.2 Å². The van der Waals surface area contributed by atoms with Crippen molar-refractivity contribution >= 4 is 29.2 Å². The quantitative estimate of drug-likeness (QED) is 0.204. The summed E-state index contributed by atoms with van der Waals surface area (Å²) in [5, 5.41) is 21.9. The Labute approximate surface area is 386 Å². The Hall–Kier alpha value is -3.40. The number of ether oxygens (including phenoxy) is 5. The van der Waals surface area contributed by atoms with Crippen molar-refractivity contribution in [2.24, 2.45) is 35.5 Å². The van der Waals surface area contributed by atoms with Gasteiger partial charge in [0.25, 0.3) is 17.5 Å². The number of piperidine rings is 1. The summed E-state index contributed by atoms with van der Waals surface area (Å²) in [6.07, 6.45) is 10.4. The number of carbonyl (C=O) groups is 5. The fourth-order valence-electron chi connectivity index (χ4n) is 10.1. The minimum atomic E-state index is -2.93. The number of rotatable bonds is 6. The van der Waals surface area contributed by atoms with Crippen molar-refractivity contribution in [3.05, 3.63) is 47.6 Å². The van der Waals surface area contributed by atoms with Crippen molar-refractivity contribution < 1.29 is 62.3 Å². The van der Waals surface area contributed by atoms with Gasteiger partial charge < -0.3 is 38.8 Å². The predicted octanol–water partition coefficient (Wildman–Crippen LogP) is 7.16. The summed E-state index contributed by atoms with van der Waals surface area (Å²) >= 11 is 0. The van der Waals surface area contributed by atoms with Gasteiger partial charge in [0.1, 0.15) is 18.2 Å². The van der Waals surface area contributed by atoms with Gasteiger partial charge in [0.05, 0.1) is 30.5 Å². The number of allylic oxidation sites excluding steroid dienone is 6. The first-order chi connectivity index (χ1) is 30.7. The highest BCUT2D eigenvalue weighted by molar-refractivity contribution is 6.39. The predicted molar refractivity (Wildman–Crippen MR) is 244 cm³/mol. The number of cyclic esters (lactones) is 1. The van der Waals surface area contributed by atoms with Crippen LogP contribution in [-0.2, 0) is 47.7 Å². The molecule has 15 atom stereocenters. The first kappa shape index (κ1) is 54.2. The molecule has 14 heteroatoms. The maximum Gasteiger partial charge on any atom is 0.329 e. The molecule has 3 heterocycles. The van der Waals surface area contributed by atoms with Gasteiger partial charge in [-0.05, 0) is 107 Å². The summed E-state index contributed by atoms with van der Waals surface area (Å²) in [6, 6.07) is -1.20. The average Bonchev–Trinajstić information content (AvgIpc) is 3.28. The third kappa shape index (κ3) is 14.3. The van der Waals surface area contributed by atoms with E-state index < -0.39 is 83.9 Å². The van der Waals surface area contributed by atoms with E-state index in [-0.39, 0.29) is 67.7 Å². The molecule has 0 aromatic carbocycles. The van der Waals surface area contributed by atoms with Crippen LogP contribution in [-0.4, -0.2) is 127 Å². The van der Waals surface area contributed by atoms with Gasteiger partial charge >= 0.3 is 5.97 Å². The lowest BCUT2D eigenvalue weighted by Crippen LogP contribution is -2.59. The molecule has 0 radical (unpaired) electrons. The van der Waals surface area contributed by atoms with Crippen LogP contribution < -0.4 is 0 Å². The molecular formula is C51H78FNO12. The number of ketones is 3. The molecule has 1 saturated carbocycles. The Balaban J connectivity index is 1.70. The van der Waals surface area contributed by atoms with E-state index in [0.717, 1.165) is 10.5 Å². The summed E-state index contributed by atoms with van der Waals surface area (Å²) < 4.78 is 46.1. The number of esters is 1. The Morgan fingerprint density at radius 1 is 0.877 bits per heavy atom. The van der Waals surface area contributed by atoms with Gasteiger partial charge in [0, 0.05) is 58.5 Å². The molecule has 2 N–H and O–H groups in total. The molecule has 0 aromatic rings. The van der Waals surface area contributed by atoms with E-state index in [4.69, 9.17) is 23.7 Å². The molecule has 4 aliphatic rings. The number of hydrogen-bond donors (Lipinski definition) is 2. The molecule has 366 valence electrons. The summed E-state index contributed by atoms with van der Waals surface area (Å²) in [5.74, 6) is -9.13. The van der Waals surface area contributed by atoms with E-state index >= 15 is 4.39 Å². The van der Waals surface area contributed by atoms with Crippen LogP contribution in [0.4, 0.5) is 4.39 Å². The van der Waals surface area contributed by atoms with Gasteiger partial charge in [-0.1, -0.05) is 71.1 Å². The largest absolute Gasteiger partial charge is 0.460 e. The maximum absolute atomic E-state index is 17.1. The lowest BCUT2D eigenvalue weighted by molar-refractivity contribution is -0.231. The number of aliphatic hydroxyl groups excluding tert-OH is 2. The minimum Gasteiger partial charge on any atom is -0.460 e. The fourth-order valence-corrected chi connectivity index (χ4v) is 10.1. The number of halogens is 1. The Morgan fingerprint density at radius 2 is 1.60 bits per heavy atom. The number of Topliss-reactive ketones (excluding diaryl/α,β-unsaturated/α-hetero) is 3. The normalized spacial score (nSPS) is 37.8. The molecule has 0 aromatic heterocycles. The molecule has 2 saturated heterocycles. The number of methoxy groups -OCH3 is 3. The van der Waals surface area contributed by atoms with E-state index in [1.165, 1.54) is 7.11 Å². The first-order valence-electron chi connectivity index (χ1n) is 23.9. The monoisotopic (exact) mass is 916 g/mol. The van der Waals surface area contributed by atoms with Crippen molar-refractivity contribution in [2.75, 3.05) is 27.9 Å². The molecule has 3 fully saturated rings. The standard InChI is InChI=1S/C51H78FNO12/c1-30-16-12-11-13-17-31(2)42(61-8)28-38-21-19-36(7)51(52,65-38)48(58)49(59)53-23-15-14-18-39(53)50(60)64-43(33(4)26-37-20-22-40(54)44(27-37)62-9)29-41(55)32(3)25-35(6)46(57)47(63-10)45(56)34(5)24-30/h11-13,16-17,25,30,33-40,42-44,46-47,54,57H,14-15,18-24,26-29H2,1-10H3/t30-,33-,34-,35?,36-,37+,38+,39+,40?,42?,43?,44?,46?,47?,51?/m1/s1. The molecule has 13 nitrogen and oxygen atoms in total. The van der Waals surface area contributed by atoms with Crippen molar-refractivity contribution in [1.29, 1.82) is 0 Å². The third-order valence-corrected chi connectivity index (χ3v) is 14.4.